The highest BCUT2D eigenvalue weighted by Crippen LogP contribution is 2.15. The predicted molar refractivity (Wildman–Crippen MR) is 72.4 cm³/mol. The summed E-state index contributed by atoms with van der Waals surface area (Å²) in [6.45, 7) is 0. The molecule has 0 heterocycles. The zero-order valence-corrected chi connectivity index (χ0v) is 11.2. The Morgan fingerprint density at radius 2 is 1.58 bits per heavy atom. The maximum Gasteiger partial charge on any atom is 0.283 e. The molecule has 0 aromatic heterocycles. The van der Waals surface area contributed by atoms with Crippen LogP contribution in [0, 0.1) is 5.82 Å². The Balaban J connectivity index is 2.38. The van der Waals surface area contributed by atoms with Crippen molar-refractivity contribution in [3.8, 4) is 0 Å². The van der Waals surface area contributed by atoms with Gasteiger partial charge in [0.15, 0.2) is 0 Å². The summed E-state index contributed by atoms with van der Waals surface area (Å²) < 4.78 is 40.1. The maximum absolute atomic E-state index is 12.8. The molecule has 3 nitrogen and oxygen atoms in total. The summed E-state index contributed by atoms with van der Waals surface area (Å²) in [6, 6.07) is 12.8. The zero-order valence-electron chi connectivity index (χ0n) is 9.62. The van der Waals surface area contributed by atoms with Crippen molar-refractivity contribution in [1.82, 2.24) is 0 Å². The first-order valence-corrected chi connectivity index (χ1v) is 7.12. The lowest BCUT2D eigenvalue weighted by atomic mass is 10.2. The maximum atomic E-state index is 12.8. The largest absolute Gasteiger partial charge is 0.283 e. The quantitative estimate of drug-likeness (QED) is 0.817. The topological polar surface area (TPSA) is 46.5 Å². The smallest absolute Gasteiger partial charge is 0.207 e. The molecular formula is C13H9ClFNO2S. The number of sulfonamides is 1. The SMILES string of the molecule is O=S(=O)(/N=C(/Cl)c1ccc(F)cc1)c1ccccc1. The van der Waals surface area contributed by atoms with Gasteiger partial charge in [-0.3, -0.25) is 0 Å². The van der Waals surface area contributed by atoms with Crippen molar-refractivity contribution in [1.29, 1.82) is 0 Å². The van der Waals surface area contributed by atoms with E-state index in [1.54, 1.807) is 18.2 Å². The molecule has 98 valence electrons. The van der Waals surface area contributed by atoms with Crippen LogP contribution in [0.1, 0.15) is 5.56 Å². The Hall–Kier alpha value is -1.72. The molecule has 0 spiro atoms. The third-order valence-electron chi connectivity index (χ3n) is 2.32. The van der Waals surface area contributed by atoms with Gasteiger partial charge in [-0.25, -0.2) is 4.39 Å². The van der Waals surface area contributed by atoms with E-state index in [1.807, 2.05) is 0 Å². The van der Waals surface area contributed by atoms with Crippen molar-refractivity contribution >= 4 is 26.8 Å². The van der Waals surface area contributed by atoms with Gasteiger partial charge in [0.1, 0.15) is 11.0 Å². The molecule has 0 aliphatic carbocycles. The lowest BCUT2D eigenvalue weighted by molar-refractivity contribution is 0.598. The van der Waals surface area contributed by atoms with E-state index in [9.17, 15) is 12.8 Å². The van der Waals surface area contributed by atoms with Gasteiger partial charge in [-0.2, -0.15) is 8.42 Å². The molecule has 6 heteroatoms. The van der Waals surface area contributed by atoms with Crippen LogP contribution in [0.2, 0.25) is 0 Å². The van der Waals surface area contributed by atoms with Gasteiger partial charge < -0.3 is 0 Å². The Labute approximate surface area is 115 Å². The van der Waals surface area contributed by atoms with E-state index in [0.717, 1.165) is 0 Å². The van der Waals surface area contributed by atoms with Crippen LogP contribution in [0.15, 0.2) is 63.9 Å². The molecule has 0 N–H and O–H groups in total. The van der Waals surface area contributed by atoms with E-state index in [4.69, 9.17) is 11.6 Å². The first kappa shape index (κ1) is 13.7. The number of rotatable bonds is 3. The van der Waals surface area contributed by atoms with Crippen LogP contribution >= 0.6 is 11.6 Å². The number of halogens is 2. The molecule has 0 aliphatic rings. The number of hydrogen-bond acceptors (Lipinski definition) is 2. The Kier molecular flexibility index (Phi) is 3.97. The van der Waals surface area contributed by atoms with Crippen LogP contribution in [0.4, 0.5) is 4.39 Å². The molecule has 19 heavy (non-hydrogen) atoms. The fourth-order valence-corrected chi connectivity index (χ4v) is 2.71. The zero-order chi connectivity index (χ0) is 13.9. The summed E-state index contributed by atoms with van der Waals surface area (Å²) in [5.41, 5.74) is 0.336. The van der Waals surface area contributed by atoms with E-state index in [-0.39, 0.29) is 10.1 Å². The lowest BCUT2D eigenvalue weighted by Gasteiger charge is -2.01. The van der Waals surface area contributed by atoms with Crippen LogP contribution < -0.4 is 0 Å². The summed E-state index contributed by atoms with van der Waals surface area (Å²) >= 11 is 5.84. The highest BCUT2D eigenvalue weighted by molar-refractivity contribution is 7.90. The molecular weight excluding hydrogens is 289 g/mol. The third kappa shape index (κ3) is 3.39. The van der Waals surface area contributed by atoms with Crippen molar-refractivity contribution in [2.75, 3.05) is 0 Å². The van der Waals surface area contributed by atoms with Crippen LogP contribution in [-0.2, 0) is 10.0 Å². The van der Waals surface area contributed by atoms with Crippen LogP contribution in [-0.4, -0.2) is 13.6 Å². The highest BCUT2D eigenvalue weighted by atomic mass is 35.5. The summed E-state index contributed by atoms with van der Waals surface area (Å²) in [5.74, 6) is -0.431. The van der Waals surface area contributed by atoms with E-state index >= 15 is 0 Å². The van der Waals surface area contributed by atoms with Gasteiger partial charge in [0.2, 0.25) is 0 Å². The number of hydrogen-bond donors (Lipinski definition) is 0. The molecule has 0 saturated heterocycles. The molecule has 0 aliphatic heterocycles. The molecule has 0 fully saturated rings. The van der Waals surface area contributed by atoms with E-state index in [0.29, 0.717) is 5.56 Å². The van der Waals surface area contributed by atoms with Crippen LogP contribution in [0.25, 0.3) is 0 Å². The van der Waals surface area contributed by atoms with Gasteiger partial charge in [0.25, 0.3) is 10.0 Å². The Morgan fingerprint density at radius 3 is 2.16 bits per heavy atom. The van der Waals surface area contributed by atoms with Gasteiger partial charge >= 0.3 is 0 Å². The Bertz CT molecular complexity index is 697. The average Bonchev–Trinajstić information content (AvgIpc) is 2.40. The summed E-state index contributed by atoms with van der Waals surface area (Å²) in [6.07, 6.45) is 0. The van der Waals surface area contributed by atoms with Gasteiger partial charge in [-0.05, 0) is 36.4 Å². The fourth-order valence-electron chi connectivity index (χ4n) is 1.39. The number of benzene rings is 2. The van der Waals surface area contributed by atoms with Crippen molar-refractivity contribution in [3.63, 3.8) is 0 Å². The first-order chi connectivity index (χ1) is 8.99. The van der Waals surface area contributed by atoms with Crippen molar-refractivity contribution < 1.29 is 12.8 Å². The molecule has 0 saturated carbocycles. The normalized spacial score (nSPS) is 12.4. The minimum Gasteiger partial charge on any atom is -0.207 e. The molecule has 2 aromatic rings. The second-order valence-electron chi connectivity index (χ2n) is 3.68. The second-order valence-corrected chi connectivity index (χ2v) is 5.64. The highest BCUT2D eigenvalue weighted by Gasteiger charge is 2.13. The minimum atomic E-state index is -3.86. The number of nitrogens with zero attached hydrogens (tertiary/aromatic N) is 1. The van der Waals surface area contributed by atoms with Gasteiger partial charge in [-0.15, -0.1) is 4.40 Å². The third-order valence-corrected chi connectivity index (χ3v) is 4.02. The molecule has 0 atom stereocenters. The minimum absolute atomic E-state index is 0.0512. The predicted octanol–water partition coefficient (Wildman–Crippen LogP) is 3.20. The first-order valence-electron chi connectivity index (χ1n) is 5.30. The van der Waals surface area contributed by atoms with Gasteiger partial charge in [0.05, 0.1) is 4.90 Å². The summed E-state index contributed by atoms with van der Waals surface area (Å²) in [4.78, 5) is 0.0512. The second kappa shape index (κ2) is 5.50. The lowest BCUT2D eigenvalue weighted by Crippen LogP contribution is -2.01. The van der Waals surface area contributed by atoms with E-state index in [1.165, 1.54) is 36.4 Å². The van der Waals surface area contributed by atoms with Gasteiger partial charge in [-0.1, -0.05) is 29.8 Å². The van der Waals surface area contributed by atoms with Crippen molar-refractivity contribution in [2.24, 2.45) is 4.40 Å². The van der Waals surface area contributed by atoms with Crippen molar-refractivity contribution in [3.05, 3.63) is 66.0 Å². The summed E-state index contributed by atoms with van der Waals surface area (Å²) in [7, 11) is -3.86. The molecule has 2 rings (SSSR count). The van der Waals surface area contributed by atoms with Crippen LogP contribution in [0.5, 0.6) is 0 Å². The Morgan fingerprint density at radius 1 is 1.00 bits per heavy atom. The van der Waals surface area contributed by atoms with Crippen LogP contribution in [0.3, 0.4) is 0 Å². The summed E-state index contributed by atoms with van der Waals surface area (Å²) in [5, 5.41) is -0.205. The van der Waals surface area contributed by atoms with Crippen molar-refractivity contribution in [2.45, 2.75) is 4.90 Å². The molecule has 0 bridgehead atoms. The molecule has 0 unspecified atom stereocenters. The monoisotopic (exact) mass is 297 g/mol. The van der Waals surface area contributed by atoms with E-state index in [2.05, 4.69) is 4.40 Å². The van der Waals surface area contributed by atoms with Gasteiger partial charge in [0, 0.05) is 5.56 Å². The fraction of sp³-hybridized carbons (Fsp3) is 0. The average molecular weight is 298 g/mol. The molecule has 0 amide bonds. The molecule has 2 aromatic carbocycles. The van der Waals surface area contributed by atoms with E-state index < -0.39 is 15.8 Å². The molecule has 0 radical (unpaired) electrons. The standard InChI is InChI=1S/C13H9ClFNO2S/c14-13(10-6-8-11(15)9-7-10)16-19(17,18)12-4-2-1-3-5-12/h1-9H/b16-13+.